The molecule has 0 heterocycles. The Morgan fingerprint density at radius 2 is 1.07 bits per heavy atom. The van der Waals surface area contributed by atoms with Crippen LogP contribution in [0.3, 0.4) is 0 Å². The quantitative estimate of drug-likeness (QED) is 0.553. The van der Waals surface area contributed by atoms with Gasteiger partial charge in [0, 0.05) is 16.8 Å². The fourth-order valence-electron chi connectivity index (χ4n) is 3.12. The van der Waals surface area contributed by atoms with Gasteiger partial charge in [0.25, 0.3) is 11.8 Å². The Labute approximate surface area is 170 Å². The molecule has 0 bridgehead atoms. The number of nitrogens with one attached hydrogen (secondary N) is 2. The van der Waals surface area contributed by atoms with E-state index in [1.165, 1.54) is 0 Å². The molecule has 0 aliphatic rings. The van der Waals surface area contributed by atoms with Crippen LogP contribution in [-0.2, 0) is 0 Å². The number of hydrogen-bond acceptors (Lipinski definition) is 3. The van der Waals surface area contributed by atoms with Crippen LogP contribution in [0.4, 0.5) is 5.69 Å². The van der Waals surface area contributed by atoms with Gasteiger partial charge in [0.05, 0.1) is 12.1 Å². The molecule has 2 amide bonds. The van der Waals surface area contributed by atoms with Gasteiger partial charge in [-0.1, -0.05) is 60.7 Å². The molecular weight excluding hydrogens is 362 g/mol. The van der Waals surface area contributed by atoms with E-state index >= 15 is 0 Å². The van der Waals surface area contributed by atoms with E-state index in [1.54, 1.807) is 18.2 Å². The summed E-state index contributed by atoms with van der Waals surface area (Å²) < 4.78 is 0. The predicted octanol–water partition coefficient (Wildman–Crippen LogP) is 4.25. The Balaban J connectivity index is 1.73. The van der Waals surface area contributed by atoms with E-state index in [0.29, 0.717) is 16.8 Å². The fraction of sp³-hybridized carbons (Fsp3) is 0.167. The van der Waals surface area contributed by atoms with Crippen molar-refractivity contribution in [2.75, 3.05) is 5.73 Å². The van der Waals surface area contributed by atoms with Crippen LogP contribution in [0.15, 0.2) is 78.9 Å². The Morgan fingerprint density at radius 3 is 1.45 bits per heavy atom. The molecule has 5 heteroatoms. The van der Waals surface area contributed by atoms with Gasteiger partial charge in [-0.2, -0.15) is 0 Å². The summed E-state index contributed by atoms with van der Waals surface area (Å²) in [5.74, 6) is -0.558. The SMILES string of the molecule is C[C@@H](NC(=O)c1cc(N)cc(C(=O)N[C@H](C)c2ccccc2)c1)c1ccccc1. The van der Waals surface area contributed by atoms with Gasteiger partial charge in [0.2, 0.25) is 0 Å². The normalized spacial score (nSPS) is 12.6. The Kier molecular flexibility index (Phi) is 6.29. The van der Waals surface area contributed by atoms with E-state index < -0.39 is 0 Å². The molecule has 0 aromatic heterocycles. The van der Waals surface area contributed by atoms with E-state index in [1.807, 2.05) is 74.5 Å². The van der Waals surface area contributed by atoms with Gasteiger partial charge in [0.1, 0.15) is 0 Å². The van der Waals surface area contributed by atoms with Crippen molar-refractivity contribution in [3.63, 3.8) is 0 Å². The van der Waals surface area contributed by atoms with Gasteiger partial charge in [-0.25, -0.2) is 0 Å². The molecule has 0 radical (unpaired) electrons. The lowest BCUT2D eigenvalue weighted by Gasteiger charge is -2.16. The molecule has 5 nitrogen and oxygen atoms in total. The van der Waals surface area contributed by atoms with Crippen LogP contribution in [0.2, 0.25) is 0 Å². The van der Waals surface area contributed by atoms with Gasteiger partial charge < -0.3 is 16.4 Å². The lowest BCUT2D eigenvalue weighted by Crippen LogP contribution is -2.29. The highest BCUT2D eigenvalue weighted by atomic mass is 16.2. The van der Waals surface area contributed by atoms with Crippen LogP contribution >= 0.6 is 0 Å². The van der Waals surface area contributed by atoms with Crippen molar-refractivity contribution in [3.8, 4) is 0 Å². The van der Waals surface area contributed by atoms with Gasteiger partial charge in [-0.05, 0) is 43.2 Å². The molecule has 3 aromatic carbocycles. The summed E-state index contributed by atoms with van der Waals surface area (Å²) in [5.41, 5.74) is 9.03. The zero-order valence-corrected chi connectivity index (χ0v) is 16.6. The third-order valence-corrected chi connectivity index (χ3v) is 4.77. The summed E-state index contributed by atoms with van der Waals surface area (Å²) in [6.07, 6.45) is 0. The summed E-state index contributed by atoms with van der Waals surface area (Å²) in [4.78, 5) is 25.4. The van der Waals surface area contributed by atoms with E-state index in [0.717, 1.165) is 11.1 Å². The van der Waals surface area contributed by atoms with Gasteiger partial charge in [-0.3, -0.25) is 9.59 Å². The molecule has 0 fully saturated rings. The number of amides is 2. The smallest absolute Gasteiger partial charge is 0.251 e. The molecule has 0 aliphatic carbocycles. The zero-order chi connectivity index (χ0) is 20.8. The summed E-state index contributed by atoms with van der Waals surface area (Å²) in [6, 6.07) is 23.7. The van der Waals surface area contributed by atoms with Gasteiger partial charge >= 0.3 is 0 Å². The average molecular weight is 387 g/mol. The highest BCUT2D eigenvalue weighted by Crippen LogP contribution is 2.17. The zero-order valence-electron chi connectivity index (χ0n) is 16.6. The highest BCUT2D eigenvalue weighted by molar-refractivity contribution is 6.01. The summed E-state index contributed by atoms with van der Waals surface area (Å²) in [7, 11) is 0. The van der Waals surface area contributed by atoms with E-state index in [-0.39, 0.29) is 23.9 Å². The Morgan fingerprint density at radius 1 is 0.690 bits per heavy atom. The maximum Gasteiger partial charge on any atom is 0.251 e. The van der Waals surface area contributed by atoms with Crippen molar-refractivity contribution in [2.45, 2.75) is 25.9 Å². The van der Waals surface area contributed by atoms with Gasteiger partial charge in [-0.15, -0.1) is 0 Å². The first kappa shape index (κ1) is 20.1. The first-order chi connectivity index (χ1) is 13.9. The first-order valence-corrected chi connectivity index (χ1v) is 9.56. The number of carbonyl (C=O) groups is 2. The third-order valence-electron chi connectivity index (χ3n) is 4.77. The van der Waals surface area contributed by atoms with Crippen LogP contribution in [0.5, 0.6) is 0 Å². The standard InChI is InChI=1S/C24H25N3O2/c1-16(18-9-5-3-6-10-18)26-23(28)20-13-21(15-22(25)14-20)24(29)27-17(2)19-11-7-4-8-12-19/h3-17H,25H2,1-2H3,(H,26,28)(H,27,29)/t16-,17-/m1/s1. The fourth-order valence-corrected chi connectivity index (χ4v) is 3.12. The maximum atomic E-state index is 12.7. The number of rotatable bonds is 6. The van der Waals surface area contributed by atoms with Crippen molar-refractivity contribution in [3.05, 3.63) is 101 Å². The minimum atomic E-state index is -0.279. The highest BCUT2D eigenvalue weighted by Gasteiger charge is 2.16. The second-order valence-corrected chi connectivity index (χ2v) is 7.06. The molecule has 0 saturated carbocycles. The molecule has 0 unspecified atom stereocenters. The van der Waals surface area contributed by atoms with E-state index in [9.17, 15) is 9.59 Å². The van der Waals surface area contributed by atoms with Crippen molar-refractivity contribution in [2.24, 2.45) is 0 Å². The molecule has 3 aromatic rings. The molecule has 0 spiro atoms. The molecule has 3 rings (SSSR count). The summed E-state index contributed by atoms with van der Waals surface area (Å²) in [6.45, 7) is 3.82. The molecule has 148 valence electrons. The number of hydrogen-bond donors (Lipinski definition) is 3. The number of benzene rings is 3. The van der Waals surface area contributed by atoms with Crippen molar-refractivity contribution >= 4 is 17.5 Å². The average Bonchev–Trinajstić information content (AvgIpc) is 2.74. The number of nitrogens with two attached hydrogens (primary N) is 1. The lowest BCUT2D eigenvalue weighted by molar-refractivity contribution is 0.0939. The van der Waals surface area contributed by atoms with Crippen molar-refractivity contribution in [1.29, 1.82) is 0 Å². The Hall–Kier alpha value is -3.60. The van der Waals surface area contributed by atoms with Crippen LogP contribution < -0.4 is 16.4 Å². The molecule has 2 atom stereocenters. The molecular formula is C24H25N3O2. The monoisotopic (exact) mass is 387 g/mol. The second kappa shape index (κ2) is 9.06. The summed E-state index contributed by atoms with van der Waals surface area (Å²) in [5, 5.41) is 5.89. The van der Waals surface area contributed by atoms with E-state index in [4.69, 9.17) is 5.73 Å². The second-order valence-electron chi connectivity index (χ2n) is 7.06. The van der Waals surface area contributed by atoms with Crippen LogP contribution in [0.25, 0.3) is 0 Å². The minimum absolute atomic E-state index is 0.166. The van der Waals surface area contributed by atoms with Gasteiger partial charge in [0.15, 0.2) is 0 Å². The van der Waals surface area contributed by atoms with E-state index in [2.05, 4.69) is 10.6 Å². The van der Waals surface area contributed by atoms with Crippen molar-refractivity contribution < 1.29 is 9.59 Å². The third kappa shape index (κ3) is 5.23. The van der Waals surface area contributed by atoms with Crippen molar-refractivity contribution in [1.82, 2.24) is 10.6 Å². The van der Waals surface area contributed by atoms with Crippen LogP contribution in [-0.4, -0.2) is 11.8 Å². The predicted molar refractivity (Wildman–Crippen MR) is 116 cm³/mol. The number of anilines is 1. The Bertz CT molecular complexity index is 910. The first-order valence-electron chi connectivity index (χ1n) is 9.56. The topological polar surface area (TPSA) is 84.2 Å². The molecule has 29 heavy (non-hydrogen) atoms. The van der Waals surface area contributed by atoms with Crippen LogP contribution in [0, 0.1) is 0 Å². The number of nitrogen functional groups attached to an aromatic ring is 1. The minimum Gasteiger partial charge on any atom is -0.399 e. The number of carbonyl (C=O) groups excluding carboxylic acids is 2. The molecule has 0 aliphatic heterocycles. The lowest BCUT2D eigenvalue weighted by atomic mass is 10.0. The summed E-state index contributed by atoms with van der Waals surface area (Å²) >= 11 is 0. The molecule has 0 saturated heterocycles. The van der Waals surface area contributed by atoms with Crippen LogP contribution in [0.1, 0.15) is 57.8 Å². The molecule has 4 N–H and O–H groups in total. The maximum absolute atomic E-state index is 12.7. The largest absolute Gasteiger partial charge is 0.399 e.